The molecule has 0 saturated heterocycles. The van der Waals surface area contributed by atoms with E-state index in [1.165, 1.54) is 22.3 Å². The zero-order valence-corrected chi connectivity index (χ0v) is 24.1. The lowest BCUT2D eigenvalue weighted by atomic mass is 10.1. The molecule has 4 nitrogen and oxygen atoms in total. The van der Waals surface area contributed by atoms with E-state index in [1.807, 2.05) is 12.1 Å². The van der Waals surface area contributed by atoms with E-state index in [1.54, 1.807) is 0 Å². The second kappa shape index (κ2) is 11.7. The fourth-order valence-electron chi connectivity index (χ4n) is 5.76. The Morgan fingerprint density at radius 2 is 0.977 bits per heavy atom. The number of aryl methyl sites for hydroxylation is 1. The van der Waals surface area contributed by atoms with Crippen LogP contribution in [0.1, 0.15) is 12.6 Å². The maximum atomic E-state index is 5.29. The molecule has 0 unspecified atom stereocenters. The molecule has 0 aliphatic carbocycles. The molecular formula is C39H32N4. The van der Waals surface area contributed by atoms with Crippen molar-refractivity contribution in [1.29, 1.82) is 0 Å². The van der Waals surface area contributed by atoms with Gasteiger partial charge in [-0.1, -0.05) is 85.8 Å². The quantitative estimate of drug-likeness (QED) is 0.186. The summed E-state index contributed by atoms with van der Waals surface area (Å²) in [5, 5.41) is 1.20. The molecule has 0 fully saturated rings. The normalized spacial score (nSPS) is 11.0. The molecule has 2 aromatic heterocycles. The van der Waals surface area contributed by atoms with Gasteiger partial charge in [-0.05, 0) is 91.3 Å². The highest BCUT2D eigenvalue weighted by Gasteiger charge is 2.19. The molecule has 0 radical (unpaired) electrons. The summed E-state index contributed by atoms with van der Waals surface area (Å²) < 4.78 is 2.36. The van der Waals surface area contributed by atoms with Gasteiger partial charge in [-0.15, -0.1) is 0 Å². The second-order valence-electron chi connectivity index (χ2n) is 10.4. The molecule has 0 bridgehead atoms. The first-order valence-corrected chi connectivity index (χ1v) is 14.7. The van der Waals surface area contributed by atoms with Crippen LogP contribution in [0.3, 0.4) is 0 Å². The molecule has 0 saturated carbocycles. The van der Waals surface area contributed by atoms with Gasteiger partial charge in [0.25, 0.3) is 0 Å². The maximum absolute atomic E-state index is 5.29. The molecule has 7 aromatic rings. The van der Waals surface area contributed by atoms with Gasteiger partial charge >= 0.3 is 0 Å². The minimum atomic E-state index is 0.845. The van der Waals surface area contributed by atoms with Crippen LogP contribution in [0.15, 0.2) is 164 Å². The Hall–Kier alpha value is -5.61. The highest BCUT2D eigenvalue weighted by atomic mass is 15.3. The lowest BCUT2D eigenvalue weighted by Crippen LogP contribution is -2.15. The number of pyridine rings is 1. The summed E-state index contributed by atoms with van der Waals surface area (Å²) in [5.74, 6) is 1.69. The minimum absolute atomic E-state index is 0.845. The number of benzene rings is 5. The van der Waals surface area contributed by atoms with E-state index in [0.717, 1.165) is 40.8 Å². The topological polar surface area (TPSA) is 24.3 Å². The molecule has 5 aromatic carbocycles. The average Bonchev–Trinajstić information content (AvgIpc) is 3.45. The molecule has 0 spiro atoms. The Kier molecular flexibility index (Phi) is 7.16. The third-order valence-corrected chi connectivity index (χ3v) is 7.72. The minimum Gasteiger partial charge on any atom is -0.314 e. The molecule has 0 aliphatic heterocycles. The van der Waals surface area contributed by atoms with Crippen molar-refractivity contribution in [3.63, 3.8) is 0 Å². The van der Waals surface area contributed by atoms with Crippen molar-refractivity contribution in [3.05, 3.63) is 169 Å². The van der Waals surface area contributed by atoms with Gasteiger partial charge in [0.1, 0.15) is 11.6 Å². The predicted molar refractivity (Wildman–Crippen MR) is 180 cm³/mol. The van der Waals surface area contributed by atoms with Gasteiger partial charge in [-0.3, -0.25) is 9.80 Å². The molecular weight excluding hydrogens is 524 g/mol. The van der Waals surface area contributed by atoms with Crippen molar-refractivity contribution in [1.82, 2.24) is 9.55 Å². The Morgan fingerprint density at radius 1 is 0.488 bits per heavy atom. The number of fused-ring (bicyclic) bond motifs is 1. The molecule has 0 amide bonds. The summed E-state index contributed by atoms with van der Waals surface area (Å²) in [6.45, 7) is 2.21. The summed E-state index contributed by atoms with van der Waals surface area (Å²) in [6, 6.07) is 57.1. The number of hydrogen-bond donors (Lipinski definition) is 0. The van der Waals surface area contributed by atoms with Gasteiger partial charge < -0.3 is 4.57 Å². The third kappa shape index (κ3) is 5.15. The van der Waals surface area contributed by atoms with Crippen molar-refractivity contribution < 1.29 is 0 Å². The molecule has 208 valence electrons. The van der Waals surface area contributed by atoms with Crippen LogP contribution in [0.5, 0.6) is 0 Å². The number of anilines is 6. The molecule has 0 aliphatic rings. The van der Waals surface area contributed by atoms with E-state index >= 15 is 0 Å². The highest BCUT2D eigenvalue weighted by Crippen LogP contribution is 2.39. The van der Waals surface area contributed by atoms with Crippen LogP contribution in [0, 0.1) is 0 Å². The first-order valence-electron chi connectivity index (χ1n) is 14.7. The summed E-state index contributed by atoms with van der Waals surface area (Å²) in [5.41, 5.74) is 7.88. The van der Waals surface area contributed by atoms with Gasteiger partial charge in [0.15, 0.2) is 0 Å². The number of rotatable bonds is 8. The van der Waals surface area contributed by atoms with Gasteiger partial charge in [-0.25, -0.2) is 4.98 Å². The van der Waals surface area contributed by atoms with Crippen LogP contribution in [0.4, 0.5) is 34.4 Å². The number of hydrogen-bond acceptors (Lipinski definition) is 3. The number of para-hydroxylation sites is 4. The first kappa shape index (κ1) is 26.3. The second-order valence-corrected chi connectivity index (χ2v) is 10.4. The molecule has 4 heteroatoms. The van der Waals surface area contributed by atoms with Crippen molar-refractivity contribution in [2.75, 3.05) is 9.80 Å². The van der Waals surface area contributed by atoms with Crippen LogP contribution >= 0.6 is 0 Å². The van der Waals surface area contributed by atoms with Crippen molar-refractivity contribution in [3.8, 4) is 5.69 Å². The van der Waals surface area contributed by atoms with E-state index in [9.17, 15) is 0 Å². The largest absolute Gasteiger partial charge is 0.314 e. The Morgan fingerprint density at radius 3 is 1.49 bits per heavy atom. The summed E-state index contributed by atoms with van der Waals surface area (Å²) in [6.07, 6.45) is 0.944. The molecule has 2 heterocycles. The zero-order chi connectivity index (χ0) is 29.0. The van der Waals surface area contributed by atoms with Gasteiger partial charge in [0, 0.05) is 39.5 Å². The van der Waals surface area contributed by atoms with E-state index in [0.29, 0.717) is 0 Å². The van der Waals surface area contributed by atoms with Crippen LogP contribution in [-0.4, -0.2) is 9.55 Å². The van der Waals surface area contributed by atoms with Crippen LogP contribution in [0.2, 0.25) is 0 Å². The monoisotopic (exact) mass is 556 g/mol. The molecule has 0 N–H and O–H groups in total. The molecule has 7 rings (SSSR count). The zero-order valence-electron chi connectivity index (χ0n) is 24.1. The van der Waals surface area contributed by atoms with Gasteiger partial charge in [0.05, 0.1) is 5.52 Å². The fraction of sp³-hybridized carbons (Fsp3) is 0.0513. The average molecular weight is 557 g/mol. The van der Waals surface area contributed by atoms with Crippen molar-refractivity contribution >= 4 is 45.3 Å². The molecule has 43 heavy (non-hydrogen) atoms. The van der Waals surface area contributed by atoms with Gasteiger partial charge in [-0.2, -0.15) is 0 Å². The highest BCUT2D eigenvalue weighted by molar-refractivity contribution is 5.89. The Bertz CT molecular complexity index is 1910. The lowest BCUT2D eigenvalue weighted by Gasteiger charge is -2.28. The smallest absolute Gasteiger partial charge is 0.140 e. The summed E-state index contributed by atoms with van der Waals surface area (Å²) >= 11 is 0. The van der Waals surface area contributed by atoms with Gasteiger partial charge in [0.2, 0.25) is 0 Å². The summed E-state index contributed by atoms with van der Waals surface area (Å²) in [4.78, 5) is 9.73. The van der Waals surface area contributed by atoms with Crippen molar-refractivity contribution in [2.24, 2.45) is 0 Å². The Labute approximate surface area is 252 Å². The van der Waals surface area contributed by atoms with Crippen LogP contribution in [0.25, 0.3) is 16.6 Å². The number of nitrogens with zero attached hydrogens (tertiary/aromatic N) is 4. The van der Waals surface area contributed by atoms with E-state index < -0.39 is 0 Å². The van der Waals surface area contributed by atoms with Crippen LogP contribution in [-0.2, 0) is 6.42 Å². The van der Waals surface area contributed by atoms with Crippen LogP contribution < -0.4 is 9.80 Å². The maximum Gasteiger partial charge on any atom is 0.140 e. The summed E-state index contributed by atoms with van der Waals surface area (Å²) in [7, 11) is 0. The fourth-order valence-corrected chi connectivity index (χ4v) is 5.76. The molecule has 0 atom stereocenters. The third-order valence-electron chi connectivity index (χ3n) is 7.72. The SMILES string of the molecule is CCc1cc2cc(N(c3ccccc3)c3cccc(N(c4ccccc4)c4ccccc4)n3)ccc2n1-c1ccccc1. The van der Waals surface area contributed by atoms with E-state index in [4.69, 9.17) is 4.98 Å². The van der Waals surface area contributed by atoms with E-state index in [-0.39, 0.29) is 0 Å². The Balaban J connectivity index is 1.37. The number of aromatic nitrogens is 2. The lowest BCUT2D eigenvalue weighted by molar-refractivity contribution is 0.961. The van der Waals surface area contributed by atoms with Crippen molar-refractivity contribution in [2.45, 2.75) is 13.3 Å². The predicted octanol–water partition coefficient (Wildman–Crippen LogP) is 10.5. The van der Waals surface area contributed by atoms with E-state index in [2.05, 4.69) is 173 Å². The standard InChI is InChI=1S/C39H32N4/c1-2-31-28-30-29-36(26-27-37(30)41(31)32-16-7-3-8-17-32)43(35-22-13-6-14-23-35)39-25-15-24-38(40-39)42(33-18-9-4-10-19-33)34-20-11-5-12-21-34/h3-29H,2H2,1H3. The first-order chi connectivity index (χ1) is 21.3.